The zero-order chi connectivity index (χ0) is 18.2. The summed E-state index contributed by atoms with van der Waals surface area (Å²) in [6.07, 6.45) is 5.53. The zero-order valence-electron chi connectivity index (χ0n) is 14.5. The molecule has 5 aromatic rings. The molecule has 0 aliphatic heterocycles. The number of H-pyrrole nitrogens is 1. The third-order valence-corrected chi connectivity index (χ3v) is 5.43. The van der Waals surface area contributed by atoms with Crippen molar-refractivity contribution in [1.82, 2.24) is 25.1 Å². The quantitative estimate of drug-likeness (QED) is 0.479. The van der Waals surface area contributed by atoms with E-state index < -0.39 is 0 Å². The van der Waals surface area contributed by atoms with Crippen LogP contribution in [-0.4, -0.2) is 25.1 Å². The lowest BCUT2D eigenvalue weighted by atomic mass is 10.1. The molecule has 0 radical (unpaired) electrons. The number of aryl methyl sites for hydroxylation is 1. The van der Waals surface area contributed by atoms with Gasteiger partial charge in [0.25, 0.3) is 0 Å². The minimum Gasteiger partial charge on any atom is -0.360 e. The monoisotopic (exact) mass is 369 g/mol. The number of aromatic amines is 1. The first-order chi connectivity index (χ1) is 13.3. The number of hydrogen-bond acceptors (Lipinski definition) is 5. The number of benzene rings is 2. The Hall–Kier alpha value is -3.38. The molecule has 0 saturated carbocycles. The van der Waals surface area contributed by atoms with E-state index in [0.29, 0.717) is 0 Å². The van der Waals surface area contributed by atoms with Gasteiger partial charge < -0.3 is 4.98 Å². The van der Waals surface area contributed by atoms with Crippen molar-refractivity contribution >= 4 is 22.2 Å². The molecule has 0 aliphatic rings. The standard InChI is InChI=1S/C21H15N5S/c1-13-10-22-12-19(24-13)17-11-23-18-8-7-15(9-16(17)18)21-26-25-20(27-21)14-5-3-2-4-6-14/h2-12,23H,1H3. The molecule has 0 fully saturated rings. The lowest BCUT2D eigenvalue weighted by molar-refractivity contribution is 1.10. The summed E-state index contributed by atoms with van der Waals surface area (Å²) in [4.78, 5) is 12.2. The van der Waals surface area contributed by atoms with Crippen LogP contribution in [0.3, 0.4) is 0 Å². The smallest absolute Gasteiger partial charge is 0.148 e. The van der Waals surface area contributed by atoms with Crippen LogP contribution in [0, 0.1) is 6.92 Å². The van der Waals surface area contributed by atoms with Gasteiger partial charge in [-0.15, -0.1) is 10.2 Å². The van der Waals surface area contributed by atoms with Gasteiger partial charge in [-0.2, -0.15) is 0 Å². The second-order valence-electron chi connectivity index (χ2n) is 6.29. The van der Waals surface area contributed by atoms with Crippen LogP contribution in [0.4, 0.5) is 0 Å². The average molecular weight is 369 g/mol. The molecule has 0 spiro atoms. The summed E-state index contributed by atoms with van der Waals surface area (Å²) in [5, 5.41) is 11.7. The molecule has 27 heavy (non-hydrogen) atoms. The van der Waals surface area contributed by atoms with Crippen molar-refractivity contribution in [1.29, 1.82) is 0 Å². The number of hydrogen-bond donors (Lipinski definition) is 1. The van der Waals surface area contributed by atoms with Crippen LogP contribution < -0.4 is 0 Å². The summed E-state index contributed by atoms with van der Waals surface area (Å²) in [6.45, 7) is 1.95. The maximum atomic E-state index is 4.60. The van der Waals surface area contributed by atoms with Gasteiger partial charge in [0.15, 0.2) is 0 Å². The normalized spacial score (nSPS) is 11.1. The maximum Gasteiger partial charge on any atom is 0.148 e. The summed E-state index contributed by atoms with van der Waals surface area (Å²) in [7, 11) is 0. The highest BCUT2D eigenvalue weighted by molar-refractivity contribution is 7.17. The number of fused-ring (bicyclic) bond motifs is 1. The Labute approximate surface area is 159 Å². The summed E-state index contributed by atoms with van der Waals surface area (Å²) >= 11 is 1.59. The first kappa shape index (κ1) is 15.8. The van der Waals surface area contributed by atoms with Gasteiger partial charge in [-0.25, -0.2) is 4.98 Å². The maximum absolute atomic E-state index is 4.60. The first-order valence-electron chi connectivity index (χ1n) is 8.57. The van der Waals surface area contributed by atoms with Crippen molar-refractivity contribution in [3.63, 3.8) is 0 Å². The van der Waals surface area contributed by atoms with E-state index in [-0.39, 0.29) is 0 Å². The Morgan fingerprint density at radius 2 is 1.70 bits per heavy atom. The molecule has 5 rings (SSSR count). The minimum atomic E-state index is 0.862. The molecule has 6 heteroatoms. The predicted octanol–water partition coefficient (Wildman–Crippen LogP) is 5.12. The van der Waals surface area contributed by atoms with Crippen molar-refractivity contribution < 1.29 is 0 Å². The van der Waals surface area contributed by atoms with Crippen LogP contribution in [0.2, 0.25) is 0 Å². The van der Waals surface area contributed by atoms with Gasteiger partial charge in [0.2, 0.25) is 0 Å². The summed E-state index contributed by atoms with van der Waals surface area (Å²) < 4.78 is 0. The van der Waals surface area contributed by atoms with Gasteiger partial charge in [-0.1, -0.05) is 41.7 Å². The third-order valence-electron chi connectivity index (χ3n) is 4.41. The summed E-state index contributed by atoms with van der Waals surface area (Å²) in [5.41, 5.74) is 5.99. The molecule has 0 unspecified atom stereocenters. The molecule has 0 atom stereocenters. The van der Waals surface area contributed by atoms with E-state index >= 15 is 0 Å². The summed E-state index contributed by atoms with van der Waals surface area (Å²) in [5.74, 6) is 0. The molecule has 2 aromatic carbocycles. The van der Waals surface area contributed by atoms with Crippen LogP contribution in [0.15, 0.2) is 67.1 Å². The number of rotatable bonds is 3. The third kappa shape index (κ3) is 2.90. The molecule has 0 bridgehead atoms. The molecule has 130 valence electrons. The molecule has 5 nitrogen and oxygen atoms in total. The zero-order valence-corrected chi connectivity index (χ0v) is 15.4. The summed E-state index contributed by atoms with van der Waals surface area (Å²) in [6, 6.07) is 16.4. The number of nitrogens with zero attached hydrogens (tertiary/aromatic N) is 4. The van der Waals surface area contributed by atoms with Crippen molar-refractivity contribution in [3.05, 3.63) is 72.8 Å². The Kier molecular flexibility index (Phi) is 3.76. The highest BCUT2D eigenvalue weighted by atomic mass is 32.1. The Morgan fingerprint density at radius 1 is 0.889 bits per heavy atom. The lowest BCUT2D eigenvalue weighted by Crippen LogP contribution is -1.87. The van der Waals surface area contributed by atoms with Gasteiger partial charge in [-0.3, -0.25) is 4.98 Å². The van der Waals surface area contributed by atoms with Crippen molar-refractivity contribution in [3.8, 4) is 32.4 Å². The fraction of sp³-hybridized carbons (Fsp3) is 0.0476. The van der Waals surface area contributed by atoms with Crippen molar-refractivity contribution in [2.45, 2.75) is 6.92 Å². The van der Waals surface area contributed by atoms with Gasteiger partial charge in [0.05, 0.1) is 17.6 Å². The van der Waals surface area contributed by atoms with Gasteiger partial charge in [0, 0.05) is 40.0 Å². The molecule has 0 aliphatic carbocycles. The van der Waals surface area contributed by atoms with Gasteiger partial charge in [0.1, 0.15) is 10.0 Å². The Balaban J connectivity index is 1.59. The van der Waals surface area contributed by atoms with Gasteiger partial charge >= 0.3 is 0 Å². The lowest BCUT2D eigenvalue weighted by Gasteiger charge is -2.01. The highest BCUT2D eigenvalue weighted by Gasteiger charge is 2.12. The highest BCUT2D eigenvalue weighted by Crippen LogP contribution is 2.34. The van der Waals surface area contributed by atoms with E-state index in [4.69, 9.17) is 0 Å². The molecule has 1 N–H and O–H groups in total. The van der Waals surface area contributed by atoms with Gasteiger partial charge in [-0.05, 0) is 25.1 Å². The SMILES string of the molecule is Cc1cncc(-c2c[nH]c3ccc(-c4nnc(-c5ccccc5)s4)cc23)n1. The van der Waals surface area contributed by atoms with Crippen LogP contribution in [0.25, 0.3) is 43.3 Å². The van der Waals surface area contributed by atoms with Crippen molar-refractivity contribution in [2.24, 2.45) is 0 Å². The molecule has 3 heterocycles. The van der Waals surface area contributed by atoms with E-state index in [1.54, 1.807) is 23.7 Å². The Morgan fingerprint density at radius 3 is 2.52 bits per heavy atom. The number of aromatic nitrogens is 5. The molecule has 0 saturated heterocycles. The van der Waals surface area contributed by atoms with E-state index in [9.17, 15) is 0 Å². The molecular weight excluding hydrogens is 354 g/mol. The molecule has 3 aromatic heterocycles. The minimum absolute atomic E-state index is 0.862. The second kappa shape index (κ2) is 6.41. The molecule has 0 amide bonds. The molecular formula is C21H15N5S. The first-order valence-corrected chi connectivity index (χ1v) is 9.39. The van der Waals surface area contributed by atoms with Crippen molar-refractivity contribution in [2.75, 3.05) is 0 Å². The van der Waals surface area contributed by atoms with E-state index in [1.165, 1.54) is 0 Å². The largest absolute Gasteiger partial charge is 0.360 e. The Bertz CT molecular complexity index is 1240. The van der Waals surface area contributed by atoms with Crippen LogP contribution in [0.1, 0.15) is 5.69 Å². The fourth-order valence-corrected chi connectivity index (χ4v) is 3.94. The predicted molar refractivity (Wildman–Crippen MR) is 108 cm³/mol. The second-order valence-corrected chi connectivity index (χ2v) is 7.26. The number of nitrogens with one attached hydrogen (secondary N) is 1. The van der Waals surface area contributed by atoms with E-state index in [2.05, 4.69) is 43.3 Å². The average Bonchev–Trinajstić information content (AvgIpc) is 3.35. The van der Waals surface area contributed by atoms with Crippen LogP contribution in [-0.2, 0) is 0 Å². The van der Waals surface area contributed by atoms with Crippen LogP contribution in [0.5, 0.6) is 0 Å². The topological polar surface area (TPSA) is 67.3 Å². The van der Waals surface area contributed by atoms with E-state index in [1.807, 2.05) is 43.5 Å². The van der Waals surface area contributed by atoms with E-state index in [0.717, 1.165) is 49.0 Å². The van der Waals surface area contributed by atoms with Crippen LogP contribution >= 0.6 is 11.3 Å². The fourth-order valence-electron chi connectivity index (χ4n) is 3.10.